The molecule has 0 radical (unpaired) electrons. The molecule has 2 fully saturated rings. The van der Waals surface area contributed by atoms with E-state index < -0.39 is 55.5 Å². The van der Waals surface area contributed by atoms with Crippen LogP contribution in [0.5, 0.6) is 0 Å². The average Bonchev–Trinajstić information content (AvgIpc) is 2.98. The van der Waals surface area contributed by atoms with Crippen molar-refractivity contribution >= 4 is 7.60 Å². The van der Waals surface area contributed by atoms with Gasteiger partial charge < -0.3 is 29.1 Å². The van der Waals surface area contributed by atoms with Crippen LogP contribution in [0.2, 0.25) is 0 Å². The number of aromatic amines is 1. The van der Waals surface area contributed by atoms with Crippen LogP contribution in [0.1, 0.15) is 18.7 Å². The molecule has 0 bridgehead atoms. The topological polar surface area (TPSA) is 160 Å². The van der Waals surface area contributed by atoms with Crippen molar-refractivity contribution in [3.8, 4) is 0 Å². The molecule has 1 aromatic rings. The van der Waals surface area contributed by atoms with E-state index in [1.807, 2.05) is 0 Å². The van der Waals surface area contributed by atoms with Gasteiger partial charge in [-0.15, -0.1) is 0 Å². The van der Waals surface area contributed by atoms with Gasteiger partial charge in [-0.25, -0.2) is 4.79 Å². The maximum absolute atomic E-state index is 12.0. The number of aryl methyl sites for hydroxylation is 1. The van der Waals surface area contributed by atoms with Crippen LogP contribution >= 0.6 is 7.60 Å². The van der Waals surface area contributed by atoms with E-state index in [1.54, 1.807) is 0 Å². The minimum atomic E-state index is -4.79. The van der Waals surface area contributed by atoms with E-state index in [0.29, 0.717) is 0 Å². The van der Waals surface area contributed by atoms with Gasteiger partial charge in [-0.2, -0.15) is 0 Å². The Morgan fingerprint density at radius 2 is 1.96 bits per heavy atom. The SMILES string of the molecule is Cc1cn(C2OC(CO)C3OC(C)(P(=O)(O)O)OC32)c(=O)[nH]c1=O. The van der Waals surface area contributed by atoms with Crippen molar-refractivity contribution in [1.82, 2.24) is 9.55 Å². The molecule has 24 heavy (non-hydrogen) atoms. The number of aromatic nitrogens is 2. The second kappa shape index (κ2) is 5.60. The molecule has 5 unspecified atom stereocenters. The fourth-order valence-electron chi connectivity index (χ4n) is 2.79. The molecule has 0 aliphatic carbocycles. The molecule has 134 valence electrons. The summed E-state index contributed by atoms with van der Waals surface area (Å²) in [6.45, 7) is 2.06. The molecule has 0 spiro atoms. The Bertz CT molecular complexity index is 813. The van der Waals surface area contributed by atoms with Gasteiger partial charge in [0.1, 0.15) is 18.3 Å². The molecule has 11 nitrogen and oxygen atoms in total. The van der Waals surface area contributed by atoms with Crippen LogP contribution in [0, 0.1) is 6.92 Å². The molecule has 0 amide bonds. The van der Waals surface area contributed by atoms with Crippen LogP contribution in [0.25, 0.3) is 0 Å². The van der Waals surface area contributed by atoms with Gasteiger partial charge in [-0.1, -0.05) is 0 Å². The maximum Gasteiger partial charge on any atom is 0.384 e. The molecule has 1 aromatic heterocycles. The predicted octanol–water partition coefficient (Wildman–Crippen LogP) is -1.63. The molecule has 12 heteroatoms. The standard InChI is InChI=1S/C12H17N2O9P/c1-5-3-14(11(17)13-9(5)16)10-8-7(6(4-15)21-10)22-12(2,23-8)24(18,19)20/h3,6-8,10,15H,4H2,1-2H3,(H,13,16,17)(H2,18,19,20). The minimum absolute atomic E-state index is 0.235. The predicted molar refractivity (Wildman–Crippen MR) is 77.3 cm³/mol. The van der Waals surface area contributed by atoms with Gasteiger partial charge >= 0.3 is 13.3 Å². The Labute approximate surface area is 134 Å². The van der Waals surface area contributed by atoms with Gasteiger partial charge in [0.05, 0.1) is 6.61 Å². The average molecular weight is 364 g/mol. The summed E-state index contributed by atoms with van der Waals surface area (Å²) in [5, 5.41) is 9.42. The van der Waals surface area contributed by atoms with Crippen molar-refractivity contribution < 1.29 is 33.7 Å². The highest BCUT2D eigenvalue weighted by Gasteiger charge is 2.63. The highest BCUT2D eigenvalue weighted by atomic mass is 31.2. The van der Waals surface area contributed by atoms with Crippen LogP contribution < -0.4 is 11.2 Å². The first-order valence-corrected chi connectivity index (χ1v) is 8.68. The number of rotatable bonds is 3. The largest absolute Gasteiger partial charge is 0.394 e. The van der Waals surface area contributed by atoms with Gasteiger partial charge in [0, 0.05) is 18.7 Å². The molecular formula is C12H17N2O9P. The van der Waals surface area contributed by atoms with Gasteiger partial charge in [0.2, 0.25) is 0 Å². The Kier molecular flexibility index (Phi) is 4.08. The normalized spacial score (nSPS) is 36.0. The zero-order chi connectivity index (χ0) is 17.9. The Morgan fingerprint density at radius 3 is 2.54 bits per heavy atom. The van der Waals surface area contributed by atoms with E-state index in [4.69, 9.17) is 14.2 Å². The smallest absolute Gasteiger partial charge is 0.384 e. The number of hydrogen-bond acceptors (Lipinski definition) is 7. The van der Waals surface area contributed by atoms with Crippen LogP contribution in [0.3, 0.4) is 0 Å². The third-order valence-corrected chi connectivity index (χ3v) is 5.39. The fourth-order valence-corrected chi connectivity index (χ4v) is 3.31. The summed E-state index contributed by atoms with van der Waals surface area (Å²) in [7, 11) is -4.79. The summed E-state index contributed by atoms with van der Waals surface area (Å²) in [5.74, 6) is 0. The number of aliphatic hydroxyl groups excluding tert-OH is 1. The van der Waals surface area contributed by atoms with Crippen molar-refractivity contribution in [2.75, 3.05) is 6.61 Å². The monoisotopic (exact) mass is 364 g/mol. The van der Waals surface area contributed by atoms with Gasteiger partial charge in [-0.3, -0.25) is 18.9 Å². The van der Waals surface area contributed by atoms with E-state index in [-0.39, 0.29) is 5.56 Å². The second-order valence-electron chi connectivity index (χ2n) is 5.83. The number of nitrogens with one attached hydrogen (secondary N) is 1. The van der Waals surface area contributed by atoms with Crippen molar-refractivity contribution in [1.29, 1.82) is 0 Å². The van der Waals surface area contributed by atoms with Crippen molar-refractivity contribution in [2.45, 2.75) is 43.9 Å². The van der Waals surface area contributed by atoms with Crippen LogP contribution in [-0.4, -0.2) is 54.9 Å². The zero-order valence-corrected chi connectivity index (χ0v) is 13.7. The fraction of sp³-hybridized carbons (Fsp3) is 0.667. The molecule has 4 N–H and O–H groups in total. The molecule has 5 atom stereocenters. The van der Waals surface area contributed by atoms with Crippen molar-refractivity contribution in [3.63, 3.8) is 0 Å². The lowest BCUT2D eigenvalue weighted by molar-refractivity contribution is -0.175. The van der Waals surface area contributed by atoms with Crippen molar-refractivity contribution in [3.05, 3.63) is 32.6 Å². The molecule has 0 saturated carbocycles. The summed E-state index contributed by atoms with van der Waals surface area (Å²) in [6.07, 6.45) is -2.87. The molecule has 3 rings (SSSR count). The van der Waals surface area contributed by atoms with E-state index in [0.717, 1.165) is 11.5 Å². The maximum atomic E-state index is 12.0. The number of nitrogens with zero attached hydrogens (tertiary/aromatic N) is 1. The first-order chi connectivity index (χ1) is 11.1. The minimum Gasteiger partial charge on any atom is -0.394 e. The van der Waals surface area contributed by atoms with Gasteiger partial charge in [0.15, 0.2) is 6.23 Å². The van der Waals surface area contributed by atoms with Gasteiger partial charge in [-0.05, 0) is 6.92 Å². The molecular weight excluding hydrogens is 347 g/mol. The quantitative estimate of drug-likeness (QED) is 0.462. The summed E-state index contributed by atoms with van der Waals surface area (Å²) >= 11 is 0. The number of fused-ring (bicyclic) bond motifs is 1. The lowest BCUT2D eigenvalue weighted by Crippen LogP contribution is -2.38. The number of ether oxygens (including phenoxy) is 3. The highest BCUT2D eigenvalue weighted by molar-refractivity contribution is 7.53. The van der Waals surface area contributed by atoms with Crippen LogP contribution in [0.15, 0.2) is 15.8 Å². The van der Waals surface area contributed by atoms with Crippen LogP contribution in [-0.2, 0) is 18.8 Å². The van der Waals surface area contributed by atoms with Gasteiger partial charge in [0.25, 0.3) is 11.1 Å². The Balaban J connectivity index is 2.03. The summed E-state index contributed by atoms with van der Waals surface area (Å²) in [6, 6.07) is 0. The van der Waals surface area contributed by atoms with E-state index in [2.05, 4.69) is 4.98 Å². The second-order valence-corrected chi connectivity index (χ2v) is 7.73. The molecule has 0 aromatic carbocycles. The lowest BCUT2D eigenvalue weighted by atomic mass is 10.1. The van der Waals surface area contributed by atoms with E-state index in [1.165, 1.54) is 13.1 Å². The number of H-pyrrole nitrogens is 1. The summed E-state index contributed by atoms with van der Waals surface area (Å²) in [4.78, 5) is 44.5. The third kappa shape index (κ3) is 2.58. The molecule has 2 aliphatic rings. The summed E-state index contributed by atoms with van der Waals surface area (Å²) < 4.78 is 28.9. The Morgan fingerprint density at radius 1 is 1.33 bits per heavy atom. The first kappa shape index (κ1) is 17.5. The molecule has 2 saturated heterocycles. The molecule has 3 heterocycles. The molecule has 2 aliphatic heterocycles. The summed E-state index contributed by atoms with van der Waals surface area (Å²) in [5.41, 5.74) is -3.31. The van der Waals surface area contributed by atoms with Crippen molar-refractivity contribution in [2.24, 2.45) is 0 Å². The third-order valence-electron chi connectivity index (χ3n) is 4.12. The Hall–Kier alpha value is -1.33. The first-order valence-electron chi connectivity index (χ1n) is 7.07. The lowest BCUT2D eigenvalue weighted by Gasteiger charge is -2.27. The zero-order valence-electron chi connectivity index (χ0n) is 12.8. The number of aliphatic hydroxyl groups is 1. The van der Waals surface area contributed by atoms with E-state index in [9.17, 15) is 29.0 Å². The van der Waals surface area contributed by atoms with E-state index >= 15 is 0 Å². The number of hydrogen-bond donors (Lipinski definition) is 4. The van der Waals surface area contributed by atoms with Crippen LogP contribution in [0.4, 0.5) is 0 Å². The highest BCUT2D eigenvalue weighted by Crippen LogP contribution is 2.58.